The number of aromatic nitrogens is 2. The summed E-state index contributed by atoms with van der Waals surface area (Å²) >= 11 is 0. The second kappa shape index (κ2) is 6.41. The Bertz CT molecular complexity index is 788. The number of carbonyl (C=O) groups is 2. The molecule has 1 aromatic rings. The van der Waals surface area contributed by atoms with Crippen molar-refractivity contribution in [3.05, 3.63) is 17.7 Å². The van der Waals surface area contributed by atoms with Gasteiger partial charge < -0.3 is 14.8 Å². The van der Waals surface area contributed by atoms with Crippen LogP contribution in [0.3, 0.4) is 0 Å². The molecule has 1 N–H and O–H groups in total. The lowest BCUT2D eigenvalue weighted by Crippen LogP contribution is -2.62. The van der Waals surface area contributed by atoms with Crippen LogP contribution in [-0.4, -0.2) is 102 Å². The maximum absolute atomic E-state index is 12.7. The van der Waals surface area contributed by atoms with Crippen LogP contribution in [0.2, 0.25) is 0 Å². The van der Waals surface area contributed by atoms with Crippen LogP contribution in [0.25, 0.3) is 0 Å². The summed E-state index contributed by atoms with van der Waals surface area (Å²) in [6.45, 7) is 2.79. The standard InChI is InChI=1S/C15H23N5O4S/c1-10-6-16-14(17-10)15(22)20-5-4-19(7-13(21)18(2)3)11-8-25(23,24)9-12(11)20/h6,11-12H,4-5,7-9H2,1-3H3,(H,16,17)/t11-,12+/m1/s1. The monoisotopic (exact) mass is 369 g/mol. The molecule has 2 fully saturated rings. The quantitative estimate of drug-likeness (QED) is 0.712. The minimum atomic E-state index is -3.25. The molecule has 10 heteroatoms. The van der Waals surface area contributed by atoms with Crippen LogP contribution in [0.1, 0.15) is 16.3 Å². The van der Waals surface area contributed by atoms with E-state index in [1.165, 1.54) is 4.90 Å². The van der Waals surface area contributed by atoms with Gasteiger partial charge in [-0.05, 0) is 6.92 Å². The molecule has 0 aromatic carbocycles. The summed E-state index contributed by atoms with van der Waals surface area (Å²) in [5.74, 6) is -0.253. The van der Waals surface area contributed by atoms with Crippen molar-refractivity contribution in [3.8, 4) is 0 Å². The number of aromatic amines is 1. The summed E-state index contributed by atoms with van der Waals surface area (Å²) < 4.78 is 24.4. The average molecular weight is 369 g/mol. The summed E-state index contributed by atoms with van der Waals surface area (Å²) in [6, 6.07) is -0.811. The van der Waals surface area contributed by atoms with Gasteiger partial charge in [-0.3, -0.25) is 14.5 Å². The van der Waals surface area contributed by atoms with E-state index in [2.05, 4.69) is 9.97 Å². The summed E-state index contributed by atoms with van der Waals surface area (Å²) in [4.78, 5) is 36.7. The third kappa shape index (κ3) is 3.54. The molecule has 0 aliphatic carbocycles. The molecule has 2 aliphatic rings. The summed E-state index contributed by atoms with van der Waals surface area (Å²) in [5.41, 5.74) is 0.772. The fourth-order valence-corrected chi connectivity index (χ4v) is 5.46. The van der Waals surface area contributed by atoms with Crippen molar-refractivity contribution in [2.75, 3.05) is 45.2 Å². The fourth-order valence-electron chi connectivity index (χ4n) is 3.45. The van der Waals surface area contributed by atoms with Crippen molar-refractivity contribution < 1.29 is 18.0 Å². The van der Waals surface area contributed by atoms with Gasteiger partial charge in [0.25, 0.3) is 5.91 Å². The van der Waals surface area contributed by atoms with Gasteiger partial charge in [-0.1, -0.05) is 0 Å². The minimum absolute atomic E-state index is 0.0284. The number of fused-ring (bicyclic) bond motifs is 1. The van der Waals surface area contributed by atoms with Crippen LogP contribution >= 0.6 is 0 Å². The van der Waals surface area contributed by atoms with Crippen molar-refractivity contribution in [1.82, 2.24) is 24.7 Å². The molecule has 9 nitrogen and oxygen atoms in total. The predicted molar refractivity (Wildman–Crippen MR) is 90.9 cm³/mol. The van der Waals surface area contributed by atoms with Crippen molar-refractivity contribution >= 4 is 21.7 Å². The van der Waals surface area contributed by atoms with Crippen LogP contribution in [-0.2, 0) is 14.6 Å². The molecule has 25 heavy (non-hydrogen) atoms. The number of likely N-dealkylation sites (N-methyl/N-ethyl adjacent to an activating group) is 1. The first-order valence-corrected chi connectivity index (χ1v) is 9.97. The summed E-state index contributed by atoms with van der Waals surface area (Å²) in [5, 5.41) is 0. The van der Waals surface area contributed by atoms with Gasteiger partial charge in [0.15, 0.2) is 15.7 Å². The van der Waals surface area contributed by atoms with E-state index < -0.39 is 15.9 Å². The maximum atomic E-state index is 12.7. The van der Waals surface area contributed by atoms with E-state index in [1.807, 2.05) is 4.90 Å². The number of amides is 2. The van der Waals surface area contributed by atoms with Crippen LogP contribution in [0.15, 0.2) is 6.20 Å². The fraction of sp³-hybridized carbons (Fsp3) is 0.667. The number of nitrogens with one attached hydrogen (secondary N) is 1. The minimum Gasteiger partial charge on any atom is -0.348 e. The second-order valence-corrected chi connectivity index (χ2v) is 9.04. The number of piperazine rings is 1. The highest BCUT2D eigenvalue weighted by atomic mass is 32.2. The average Bonchev–Trinajstić information content (AvgIpc) is 3.09. The van der Waals surface area contributed by atoms with Gasteiger partial charge in [0, 0.05) is 45.1 Å². The zero-order valence-electron chi connectivity index (χ0n) is 14.6. The van der Waals surface area contributed by atoms with Crippen molar-refractivity contribution in [1.29, 1.82) is 0 Å². The lowest BCUT2D eigenvalue weighted by Gasteiger charge is -2.43. The highest BCUT2D eigenvalue weighted by Gasteiger charge is 2.48. The SMILES string of the molecule is Cc1cnc(C(=O)N2CCN(CC(=O)N(C)C)[C@@H]3CS(=O)(=O)C[C@@H]32)[nH]1. The molecular formula is C15H23N5O4S. The van der Waals surface area contributed by atoms with Gasteiger partial charge in [0.2, 0.25) is 5.91 Å². The van der Waals surface area contributed by atoms with Gasteiger partial charge in [-0.2, -0.15) is 0 Å². The molecule has 2 atom stereocenters. The topological polar surface area (TPSA) is 107 Å². The lowest BCUT2D eigenvalue weighted by molar-refractivity contribution is -0.131. The first-order chi connectivity index (χ1) is 11.7. The number of carbonyl (C=O) groups excluding carboxylic acids is 2. The smallest absolute Gasteiger partial charge is 0.290 e. The number of H-pyrrole nitrogens is 1. The van der Waals surface area contributed by atoms with Crippen LogP contribution < -0.4 is 0 Å². The molecule has 0 saturated carbocycles. The second-order valence-electron chi connectivity index (χ2n) is 6.88. The third-order valence-corrected chi connectivity index (χ3v) is 6.49. The largest absolute Gasteiger partial charge is 0.348 e. The molecule has 2 saturated heterocycles. The molecule has 0 bridgehead atoms. The Balaban J connectivity index is 1.83. The molecule has 138 valence electrons. The van der Waals surface area contributed by atoms with E-state index >= 15 is 0 Å². The van der Waals surface area contributed by atoms with Crippen molar-refractivity contribution in [2.24, 2.45) is 0 Å². The normalized spacial score (nSPS) is 25.6. The Kier molecular flexibility index (Phi) is 4.58. The van der Waals surface area contributed by atoms with E-state index in [0.29, 0.717) is 13.1 Å². The van der Waals surface area contributed by atoms with Crippen LogP contribution in [0, 0.1) is 6.92 Å². The molecular weight excluding hydrogens is 346 g/mol. The Morgan fingerprint density at radius 2 is 1.96 bits per heavy atom. The van der Waals surface area contributed by atoms with E-state index in [0.717, 1.165) is 5.69 Å². The number of nitrogens with zero attached hydrogens (tertiary/aromatic N) is 4. The zero-order chi connectivity index (χ0) is 18.4. The van der Waals surface area contributed by atoms with E-state index in [9.17, 15) is 18.0 Å². The zero-order valence-corrected chi connectivity index (χ0v) is 15.4. The van der Waals surface area contributed by atoms with Crippen LogP contribution in [0.5, 0.6) is 0 Å². The van der Waals surface area contributed by atoms with Gasteiger partial charge in [-0.25, -0.2) is 13.4 Å². The highest BCUT2D eigenvalue weighted by molar-refractivity contribution is 7.91. The number of hydrogen-bond donors (Lipinski definition) is 1. The number of imidazole rings is 1. The third-order valence-electron chi connectivity index (χ3n) is 4.79. The molecule has 2 aliphatic heterocycles. The van der Waals surface area contributed by atoms with Crippen molar-refractivity contribution in [3.63, 3.8) is 0 Å². The Hall–Kier alpha value is -1.94. The van der Waals surface area contributed by atoms with E-state index in [1.54, 1.807) is 32.1 Å². The number of rotatable bonds is 3. The molecule has 0 unspecified atom stereocenters. The summed E-state index contributed by atoms with van der Waals surface area (Å²) in [7, 11) is 0.0894. The highest BCUT2D eigenvalue weighted by Crippen LogP contribution is 2.27. The molecule has 0 radical (unpaired) electrons. The molecule has 3 heterocycles. The van der Waals surface area contributed by atoms with Gasteiger partial charge in [0.05, 0.1) is 24.1 Å². The van der Waals surface area contributed by atoms with E-state index in [-0.39, 0.29) is 41.7 Å². The summed E-state index contributed by atoms with van der Waals surface area (Å²) in [6.07, 6.45) is 1.57. The Labute approximate surface area is 146 Å². The number of sulfone groups is 1. The molecule has 2 amide bonds. The Morgan fingerprint density at radius 3 is 2.56 bits per heavy atom. The van der Waals surface area contributed by atoms with E-state index in [4.69, 9.17) is 0 Å². The lowest BCUT2D eigenvalue weighted by atomic mass is 10.0. The maximum Gasteiger partial charge on any atom is 0.290 e. The van der Waals surface area contributed by atoms with Gasteiger partial charge in [-0.15, -0.1) is 0 Å². The number of aryl methyl sites for hydroxylation is 1. The molecule has 3 rings (SSSR count). The van der Waals surface area contributed by atoms with Crippen LogP contribution in [0.4, 0.5) is 0 Å². The van der Waals surface area contributed by atoms with Gasteiger partial charge in [0.1, 0.15) is 0 Å². The van der Waals surface area contributed by atoms with Crippen molar-refractivity contribution in [2.45, 2.75) is 19.0 Å². The predicted octanol–water partition coefficient (Wildman–Crippen LogP) is -1.27. The molecule has 1 aromatic heterocycles. The van der Waals surface area contributed by atoms with Gasteiger partial charge >= 0.3 is 0 Å². The first kappa shape index (κ1) is 17.9. The number of hydrogen-bond acceptors (Lipinski definition) is 6. The first-order valence-electron chi connectivity index (χ1n) is 8.15. The molecule has 0 spiro atoms. The Morgan fingerprint density at radius 1 is 1.28 bits per heavy atom.